The molecule has 0 spiro atoms. The smallest absolute Gasteiger partial charge is 0.229 e. The largest absolute Gasteiger partial charge is 0.396 e. The number of carbonyl (C=O) groups excluding carboxylic acids is 1. The lowest BCUT2D eigenvalue weighted by Crippen LogP contribution is -2.39. The van der Waals surface area contributed by atoms with Crippen molar-refractivity contribution in [3.63, 3.8) is 0 Å². The van der Waals surface area contributed by atoms with Crippen LogP contribution in [-0.2, 0) is 11.2 Å². The molecule has 2 heterocycles. The molecule has 2 aromatic carbocycles. The van der Waals surface area contributed by atoms with Crippen molar-refractivity contribution in [1.29, 1.82) is 0 Å². The fourth-order valence-electron chi connectivity index (χ4n) is 4.93. The molecule has 1 amide bonds. The van der Waals surface area contributed by atoms with Crippen molar-refractivity contribution in [2.24, 2.45) is 16.3 Å². The molecule has 0 aliphatic carbocycles. The summed E-state index contributed by atoms with van der Waals surface area (Å²) in [4.78, 5) is 18.9. The Balaban J connectivity index is 1.58. The Morgan fingerprint density at radius 3 is 2.43 bits per heavy atom. The molecule has 2 N–H and O–H groups in total. The van der Waals surface area contributed by atoms with Gasteiger partial charge in [-0.1, -0.05) is 74.5 Å². The van der Waals surface area contributed by atoms with Crippen LogP contribution in [0, 0.1) is 11.3 Å². The summed E-state index contributed by atoms with van der Waals surface area (Å²) in [7, 11) is 0. The number of aliphatic hydroxyl groups is 1. The number of aliphatic imine (C=N–C) groups is 1. The van der Waals surface area contributed by atoms with Crippen LogP contribution in [0.15, 0.2) is 82.5 Å². The molecule has 3 aromatic rings. The van der Waals surface area contributed by atoms with Crippen molar-refractivity contribution in [3.8, 4) is 0 Å². The topological polar surface area (TPSA) is 61.7 Å². The lowest BCUT2D eigenvalue weighted by molar-refractivity contribution is -0.123. The van der Waals surface area contributed by atoms with Gasteiger partial charge in [0.15, 0.2) is 0 Å². The van der Waals surface area contributed by atoms with Gasteiger partial charge in [-0.2, -0.15) is 11.3 Å². The number of nitrogens with zero attached hydrogens (tertiary/aromatic N) is 1. The van der Waals surface area contributed by atoms with Crippen molar-refractivity contribution in [2.45, 2.75) is 51.5 Å². The lowest BCUT2D eigenvalue weighted by atomic mass is 9.79. The molecule has 1 aromatic heterocycles. The van der Waals surface area contributed by atoms with Gasteiger partial charge in [-0.05, 0) is 64.6 Å². The van der Waals surface area contributed by atoms with Gasteiger partial charge in [0.05, 0.1) is 17.7 Å². The van der Waals surface area contributed by atoms with Crippen molar-refractivity contribution in [1.82, 2.24) is 5.32 Å². The number of rotatable bonds is 11. The molecule has 3 atom stereocenters. The molecular formula is C30H36N2O2S. The van der Waals surface area contributed by atoms with Crippen molar-refractivity contribution >= 4 is 23.0 Å². The summed E-state index contributed by atoms with van der Waals surface area (Å²) in [5, 5.41) is 17.0. The standard InChI is InChI=1S/C30H36N2O2S/c1-30(2,21-33)17-9-18-31-29(34)27-26(24-16-19-35-20-24)25(15-14-22-10-5-3-6-11-22)32-28(27)23-12-7-4-8-13-23/h3-8,10-13,16,19-20,25-27,33H,9,14-15,17-18,21H2,1-2H3,(H,31,34). The molecule has 0 radical (unpaired) electrons. The monoisotopic (exact) mass is 488 g/mol. The molecular weight excluding hydrogens is 452 g/mol. The summed E-state index contributed by atoms with van der Waals surface area (Å²) in [6.45, 7) is 4.86. The van der Waals surface area contributed by atoms with Crippen LogP contribution in [0.3, 0.4) is 0 Å². The number of hydrogen-bond acceptors (Lipinski definition) is 4. The van der Waals surface area contributed by atoms with Gasteiger partial charge in [-0.3, -0.25) is 9.79 Å². The van der Waals surface area contributed by atoms with Crippen LogP contribution in [0.1, 0.15) is 55.7 Å². The number of amides is 1. The number of hydrogen-bond donors (Lipinski definition) is 2. The van der Waals surface area contributed by atoms with E-state index in [1.165, 1.54) is 11.1 Å². The summed E-state index contributed by atoms with van der Waals surface area (Å²) in [6.07, 6.45) is 3.53. The predicted octanol–water partition coefficient (Wildman–Crippen LogP) is 5.87. The second-order valence-electron chi connectivity index (χ2n) is 10.2. The van der Waals surface area contributed by atoms with Crippen LogP contribution in [-0.4, -0.2) is 35.9 Å². The molecule has 0 bridgehead atoms. The number of nitrogens with one attached hydrogen (secondary N) is 1. The van der Waals surface area contributed by atoms with Gasteiger partial charge in [0.2, 0.25) is 5.91 Å². The number of aryl methyl sites for hydroxylation is 1. The fourth-order valence-corrected chi connectivity index (χ4v) is 5.64. The van der Waals surface area contributed by atoms with E-state index < -0.39 is 0 Å². The van der Waals surface area contributed by atoms with E-state index in [-0.39, 0.29) is 35.8 Å². The van der Waals surface area contributed by atoms with Gasteiger partial charge in [-0.25, -0.2) is 0 Å². The quantitative estimate of drug-likeness (QED) is 0.332. The third-order valence-corrected chi connectivity index (χ3v) is 7.68. The summed E-state index contributed by atoms with van der Waals surface area (Å²) < 4.78 is 0. The minimum absolute atomic E-state index is 0.0223. The highest BCUT2D eigenvalue weighted by atomic mass is 32.1. The Bertz CT molecular complexity index is 1090. The molecule has 1 aliphatic heterocycles. The predicted molar refractivity (Wildman–Crippen MR) is 145 cm³/mol. The molecule has 4 nitrogen and oxygen atoms in total. The van der Waals surface area contributed by atoms with Crippen molar-refractivity contribution < 1.29 is 9.90 Å². The van der Waals surface area contributed by atoms with E-state index in [1.54, 1.807) is 11.3 Å². The van der Waals surface area contributed by atoms with Crippen LogP contribution in [0.4, 0.5) is 0 Å². The average molecular weight is 489 g/mol. The Morgan fingerprint density at radius 1 is 1.06 bits per heavy atom. The third kappa shape index (κ3) is 6.47. The second kappa shape index (κ2) is 11.8. The van der Waals surface area contributed by atoms with Gasteiger partial charge in [0, 0.05) is 19.1 Å². The highest BCUT2D eigenvalue weighted by Gasteiger charge is 2.44. The first kappa shape index (κ1) is 25.3. The van der Waals surface area contributed by atoms with E-state index in [0.717, 1.165) is 37.0 Å². The van der Waals surface area contributed by atoms with E-state index in [2.05, 4.69) is 72.4 Å². The summed E-state index contributed by atoms with van der Waals surface area (Å²) in [6, 6.07) is 22.9. The maximum absolute atomic E-state index is 13.7. The summed E-state index contributed by atoms with van der Waals surface area (Å²) in [5.41, 5.74) is 4.29. The number of aliphatic hydroxyl groups excluding tert-OH is 1. The lowest BCUT2D eigenvalue weighted by Gasteiger charge is -2.25. The molecule has 5 heteroatoms. The second-order valence-corrected chi connectivity index (χ2v) is 11.0. The highest BCUT2D eigenvalue weighted by molar-refractivity contribution is 7.08. The summed E-state index contributed by atoms with van der Waals surface area (Å²) >= 11 is 1.67. The van der Waals surface area contributed by atoms with Crippen LogP contribution in [0.2, 0.25) is 0 Å². The summed E-state index contributed by atoms with van der Waals surface area (Å²) in [5.74, 6) is -0.250. The first-order valence-electron chi connectivity index (χ1n) is 12.6. The van der Waals surface area contributed by atoms with Gasteiger partial charge in [0.1, 0.15) is 0 Å². The van der Waals surface area contributed by atoms with Crippen LogP contribution in [0.25, 0.3) is 0 Å². The average Bonchev–Trinajstić information content (AvgIpc) is 3.54. The SMILES string of the molecule is CC(C)(CO)CCCNC(=O)C1C(c2ccccc2)=NC(CCc2ccccc2)C1c1ccsc1. The fraction of sp³-hybridized carbons (Fsp3) is 0.400. The molecule has 0 saturated heterocycles. The van der Waals surface area contributed by atoms with Gasteiger partial charge in [-0.15, -0.1) is 0 Å². The molecule has 3 unspecified atom stereocenters. The van der Waals surface area contributed by atoms with Gasteiger partial charge >= 0.3 is 0 Å². The molecule has 4 rings (SSSR count). The highest BCUT2D eigenvalue weighted by Crippen LogP contribution is 2.41. The van der Waals surface area contributed by atoms with E-state index in [4.69, 9.17) is 4.99 Å². The van der Waals surface area contributed by atoms with Crippen LogP contribution in [0.5, 0.6) is 0 Å². The molecule has 1 aliphatic rings. The van der Waals surface area contributed by atoms with Gasteiger partial charge < -0.3 is 10.4 Å². The van der Waals surface area contributed by atoms with Crippen LogP contribution >= 0.6 is 11.3 Å². The maximum Gasteiger partial charge on any atom is 0.229 e. The van der Waals surface area contributed by atoms with E-state index in [0.29, 0.717) is 6.54 Å². The Morgan fingerprint density at radius 2 is 1.77 bits per heavy atom. The Hall–Kier alpha value is -2.76. The van der Waals surface area contributed by atoms with E-state index in [9.17, 15) is 9.90 Å². The number of benzene rings is 2. The normalized spacial score (nSPS) is 20.0. The number of thiophene rings is 1. The molecule has 0 saturated carbocycles. The van der Waals surface area contributed by atoms with Gasteiger partial charge in [0.25, 0.3) is 0 Å². The Kier molecular flexibility index (Phi) is 8.53. The maximum atomic E-state index is 13.7. The minimum atomic E-state index is -0.321. The van der Waals surface area contributed by atoms with Crippen molar-refractivity contribution in [2.75, 3.05) is 13.2 Å². The zero-order valence-electron chi connectivity index (χ0n) is 20.7. The number of carbonyl (C=O) groups is 1. The molecule has 184 valence electrons. The molecule has 35 heavy (non-hydrogen) atoms. The first-order chi connectivity index (χ1) is 17.0. The minimum Gasteiger partial charge on any atom is -0.396 e. The Labute approximate surface area is 213 Å². The third-order valence-electron chi connectivity index (χ3n) is 6.98. The van der Waals surface area contributed by atoms with Crippen molar-refractivity contribution in [3.05, 3.63) is 94.2 Å². The van der Waals surface area contributed by atoms with E-state index >= 15 is 0 Å². The van der Waals surface area contributed by atoms with E-state index in [1.807, 2.05) is 24.3 Å². The zero-order chi connectivity index (χ0) is 24.7. The first-order valence-corrected chi connectivity index (χ1v) is 13.5. The molecule has 0 fully saturated rings. The van der Waals surface area contributed by atoms with Crippen LogP contribution < -0.4 is 5.32 Å². The zero-order valence-corrected chi connectivity index (χ0v) is 21.5.